The summed E-state index contributed by atoms with van der Waals surface area (Å²) in [5.41, 5.74) is 1.78. The molecule has 0 saturated carbocycles. The quantitative estimate of drug-likeness (QED) is 0.903. The number of aromatic amines is 1. The van der Waals surface area contributed by atoms with Crippen LogP contribution in [0.1, 0.15) is 10.9 Å². The molecule has 1 aliphatic rings. The summed E-state index contributed by atoms with van der Waals surface area (Å²) in [6.45, 7) is 0. The maximum Gasteiger partial charge on any atom is 0.238 e. The number of nitrogens with zero attached hydrogens (tertiary/aromatic N) is 1. The van der Waals surface area contributed by atoms with Crippen molar-refractivity contribution in [3.63, 3.8) is 0 Å². The van der Waals surface area contributed by atoms with Crippen LogP contribution in [0.2, 0.25) is 0 Å². The maximum atomic E-state index is 12.9. The second-order valence-electron chi connectivity index (χ2n) is 4.05. The number of halogens is 1. The molecule has 1 aromatic carbocycles. The second kappa shape index (κ2) is 4.49. The Labute approximate surface area is 108 Å². The Bertz CT molecular complexity index is 553. The summed E-state index contributed by atoms with van der Waals surface area (Å²) >= 11 is 1.56. The van der Waals surface area contributed by atoms with Crippen molar-refractivity contribution in [2.75, 3.05) is 10.7 Å². The van der Waals surface area contributed by atoms with Crippen molar-refractivity contribution in [1.29, 1.82) is 0 Å². The first-order chi connectivity index (χ1) is 8.75. The standard InChI is InChI=1S/C13H11FN2OS/c14-10-3-1-9(2-4-10)13-16(12(17)8-18-13)11-5-6-15-7-11/h1-7,13,15H,8H2. The van der Waals surface area contributed by atoms with Crippen LogP contribution in [-0.2, 0) is 4.79 Å². The molecule has 3 nitrogen and oxygen atoms in total. The molecule has 1 atom stereocenters. The van der Waals surface area contributed by atoms with E-state index in [0.29, 0.717) is 5.75 Å². The van der Waals surface area contributed by atoms with Crippen LogP contribution in [0, 0.1) is 5.82 Å². The van der Waals surface area contributed by atoms with Crippen LogP contribution in [0.25, 0.3) is 0 Å². The number of nitrogens with one attached hydrogen (secondary N) is 1. The molecule has 1 N–H and O–H groups in total. The predicted octanol–water partition coefficient (Wildman–Crippen LogP) is 2.93. The van der Waals surface area contributed by atoms with Crippen molar-refractivity contribution < 1.29 is 9.18 Å². The Morgan fingerprint density at radius 1 is 1.28 bits per heavy atom. The van der Waals surface area contributed by atoms with Crippen LogP contribution in [0.5, 0.6) is 0 Å². The Morgan fingerprint density at radius 2 is 2.06 bits per heavy atom. The van der Waals surface area contributed by atoms with E-state index >= 15 is 0 Å². The predicted molar refractivity (Wildman–Crippen MR) is 69.9 cm³/mol. The summed E-state index contributed by atoms with van der Waals surface area (Å²) in [6, 6.07) is 8.17. The monoisotopic (exact) mass is 262 g/mol. The molecule has 1 aromatic heterocycles. The minimum absolute atomic E-state index is 0.0751. The third kappa shape index (κ3) is 1.90. The number of H-pyrrole nitrogens is 1. The number of rotatable bonds is 2. The lowest BCUT2D eigenvalue weighted by molar-refractivity contribution is -0.115. The third-order valence-electron chi connectivity index (χ3n) is 2.88. The van der Waals surface area contributed by atoms with Crippen LogP contribution in [0.4, 0.5) is 10.1 Å². The second-order valence-corrected chi connectivity index (χ2v) is 5.12. The van der Waals surface area contributed by atoms with Crippen molar-refractivity contribution in [2.24, 2.45) is 0 Å². The van der Waals surface area contributed by atoms with Crippen molar-refractivity contribution >= 4 is 23.4 Å². The van der Waals surface area contributed by atoms with Gasteiger partial charge in [0.2, 0.25) is 5.91 Å². The Kier molecular flexibility index (Phi) is 2.83. The van der Waals surface area contributed by atoms with Gasteiger partial charge in [-0.05, 0) is 23.8 Å². The number of aromatic nitrogens is 1. The van der Waals surface area contributed by atoms with E-state index in [9.17, 15) is 9.18 Å². The summed E-state index contributed by atoms with van der Waals surface area (Å²) in [5.74, 6) is 0.267. The molecule has 2 aromatic rings. The Balaban J connectivity index is 1.96. The number of benzene rings is 1. The zero-order valence-electron chi connectivity index (χ0n) is 9.47. The van der Waals surface area contributed by atoms with E-state index in [4.69, 9.17) is 0 Å². The zero-order chi connectivity index (χ0) is 12.5. The van der Waals surface area contributed by atoms with E-state index in [-0.39, 0.29) is 17.1 Å². The minimum Gasteiger partial charge on any atom is -0.366 e. The molecule has 5 heteroatoms. The SMILES string of the molecule is O=C1CSC(c2ccc(F)cc2)N1c1cc[nH]c1. The van der Waals surface area contributed by atoms with Gasteiger partial charge in [0.15, 0.2) is 0 Å². The van der Waals surface area contributed by atoms with Crippen molar-refractivity contribution in [2.45, 2.75) is 5.37 Å². The highest BCUT2D eigenvalue weighted by Gasteiger charge is 2.34. The van der Waals surface area contributed by atoms with E-state index < -0.39 is 0 Å². The molecule has 1 fully saturated rings. The van der Waals surface area contributed by atoms with Crippen LogP contribution >= 0.6 is 11.8 Å². The molecule has 0 spiro atoms. The van der Waals surface area contributed by atoms with Gasteiger partial charge in [0, 0.05) is 12.4 Å². The average molecular weight is 262 g/mol. The third-order valence-corrected chi connectivity index (χ3v) is 4.10. The fourth-order valence-corrected chi connectivity index (χ4v) is 3.22. The first-order valence-corrected chi connectivity index (χ1v) is 6.62. The molecule has 3 rings (SSSR count). The van der Waals surface area contributed by atoms with Crippen molar-refractivity contribution in [1.82, 2.24) is 4.98 Å². The normalized spacial score (nSPS) is 19.5. The summed E-state index contributed by atoms with van der Waals surface area (Å²) in [4.78, 5) is 16.6. The lowest BCUT2D eigenvalue weighted by Crippen LogP contribution is -2.27. The highest BCUT2D eigenvalue weighted by atomic mass is 32.2. The van der Waals surface area contributed by atoms with E-state index in [2.05, 4.69) is 4.98 Å². The molecule has 1 saturated heterocycles. The van der Waals surface area contributed by atoms with Gasteiger partial charge in [0.1, 0.15) is 11.2 Å². The summed E-state index contributed by atoms with van der Waals surface area (Å²) in [7, 11) is 0. The number of anilines is 1. The topological polar surface area (TPSA) is 36.1 Å². The van der Waals surface area contributed by atoms with Gasteiger partial charge in [-0.3, -0.25) is 9.69 Å². The van der Waals surface area contributed by atoms with Gasteiger partial charge >= 0.3 is 0 Å². The van der Waals surface area contributed by atoms with Crippen molar-refractivity contribution in [3.8, 4) is 0 Å². The van der Waals surface area contributed by atoms with Crippen LogP contribution in [0.3, 0.4) is 0 Å². The molecule has 0 radical (unpaired) electrons. The number of carbonyl (C=O) groups is 1. The number of amides is 1. The largest absolute Gasteiger partial charge is 0.366 e. The summed E-state index contributed by atoms with van der Waals surface area (Å²) < 4.78 is 12.9. The van der Waals surface area contributed by atoms with Gasteiger partial charge in [-0.15, -0.1) is 11.8 Å². The van der Waals surface area contributed by atoms with Crippen molar-refractivity contribution in [3.05, 3.63) is 54.1 Å². The maximum absolute atomic E-state index is 12.9. The number of thioether (sulfide) groups is 1. The molecule has 0 bridgehead atoms. The fourth-order valence-electron chi connectivity index (χ4n) is 2.04. The number of carbonyl (C=O) groups excluding carboxylic acids is 1. The van der Waals surface area contributed by atoms with Crippen LogP contribution < -0.4 is 4.90 Å². The Hall–Kier alpha value is -1.75. The van der Waals surface area contributed by atoms with Gasteiger partial charge in [0.25, 0.3) is 0 Å². The molecular formula is C13H11FN2OS. The summed E-state index contributed by atoms with van der Waals surface area (Å²) in [6.07, 6.45) is 3.58. The van der Waals surface area contributed by atoms with Gasteiger partial charge in [-0.2, -0.15) is 0 Å². The lowest BCUT2D eigenvalue weighted by Gasteiger charge is -2.22. The number of hydrogen-bond donors (Lipinski definition) is 1. The smallest absolute Gasteiger partial charge is 0.238 e. The zero-order valence-corrected chi connectivity index (χ0v) is 10.3. The fraction of sp³-hybridized carbons (Fsp3) is 0.154. The minimum atomic E-state index is -0.263. The van der Waals surface area contributed by atoms with Gasteiger partial charge in [-0.1, -0.05) is 12.1 Å². The molecule has 92 valence electrons. The number of hydrogen-bond acceptors (Lipinski definition) is 2. The first-order valence-electron chi connectivity index (χ1n) is 5.57. The molecule has 1 aliphatic heterocycles. The molecule has 0 aliphatic carbocycles. The Morgan fingerprint density at radius 3 is 2.72 bits per heavy atom. The molecular weight excluding hydrogens is 251 g/mol. The summed E-state index contributed by atoms with van der Waals surface area (Å²) in [5, 5.41) is -0.0751. The first kappa shape index (κ1) is 11.3. The van der Waals surface area contributed by atoms with E-state index in [0.717, 1.165) is 11.3 Å². The molecule has 2 heterocycles. The van der Waals surface area contributed by atoms with E-state index in [1.165, 1.54) is 12.1 Å². The van der Waals surface area contributed by atoms with E-state index in [1.807, 2.05) is 6.07 Å². The highest BCUT2D eigenvalue weighted by molar-refractivity contribution is 8.00. The average Bonchev–Trinajstić information content (AvgIpc) is 2.99. The molecule has 1 amide bonds. The highest BCUT2D eigenvalue weighted by Crippen LogP contribution is 2.41. The molecule has 18 heavy (non-hydrogen) atoms. The lowest BCUT2D eigenvalue weighted by atomic mass is 10.2. The van der Waals surface area contributed by atoms with Gasteiger partial charge < -0.3 is 4.98 Å². The van der Waals surface area contributed by atoms with Crippen LogP contribution in [0.15, 0.2) is 42.7 Å². The van der Waals surface area contributed by atoms with E-state index in [1.54, 1.807) is 41.2 Å². The van der Waals surface area contributed by atoms with Gasteiger partial charge in [-0.25, -0.2) is 4.39 Å². The molecule has 1 unspecified atom stereocenters. The van der Waals surface area contributed by atoms with Gasteiger partial charge in [0.05, 0.1) is 11.4 Å². The van der Waals surface area contributed by atoms with Crippen LogP contribution in [-0.4, -0.2) is 16.6 Å².